The highest BCUT2D eigenvalue weighted by molar-refractivity contribution is 7.89. The summed E-state index contributed by atoms with van der Waals surface area (Å²) >= 11 is 0. The molecule has 1 saturated carbocycles. The molecule has 5 nitrogen and oxygen atoms in total. The lowest BCUT2D eigenvalue weighted by Crippen LogP contribution is -2.42. The number of carbonyl (C=O) groups is 1. The molecule has 1 heterocycles. The lowest BCUT2D eigenvalue weighted by molar-refractivity contribution is -0.138. The van der Waals surface area contributed by atoms with Crippen molar-refractivity contribution in [3.05, 3.63) is 0 Å². The van der Waals surface area contributed by atoms with Gasteiger partial charge in [0.15, 0.2) is 0 Å². The molecule has 2 aliphatic rings. The maximum absolute atomic E-state index is 12.5. The molecule has 0 radical (unpaired) electrons. The highest BCUT2D eigenvalue weighted by Crippen LogP contribution is 2.28. The van der Waals surface area contributed by atoms with E-state index in [2.05, 4.69) is 0 Å². The summed E-state index contributed by atoms with van der Waals surface area (Å²) in [5.41, 5.74) is 0. The molecule has 1 aliphatic carbocycles. The molecule has 1 atom stereocenters. The average Bonchev–Trinajstić information content (AvgIpc) is 2.39. The lowest BCUT2D eigenvalue weighted by Gasteiger charge is -2.33. The molecule has 1 aliphatic heterocycles. The number of carboxylic acids is 1. The summed E-state index contributed by atoms with van der Waals surface area (Å²) in [5, 5.41) is 8.85. The van der Waals surface area contributed by atoms with Gasteiger partial charge in [0, 0.05) is 19.5 Å². The molecule has 0 amide bonds. The number of sulfonamides is 1. The van der Waals surface area contributed by atoms with Gasteiger partial charge in [0.05, 0.1) is 5.75 Å². The first kappa shape index (κ1) is 15.8. The van der Waals surface area contributed by atoms with E-state index in [0.29, 0.717) is 19.0 Å². The summed E-state index contributed by atoms with van der Waals surface area (Å²) in [6, 6.07) is 0. The van der Waals surface area contributed by atoms with Gasteiger partial charge in [0.1, 0.15) is 0 Å². The molecular weight excluding hydrogens is 278 g/mol. The molecule has 0 aromatic heterocycles. The van der Waals surface area contributed by atoms with Crippen LogP contribution in [0.2, 0.25) is 0 Å². The van der Waals surface area contributed by atoms with Gasteiger partial charge in [-0.25, -0.2) is 12.7 Å². The predicted octanol–water partition coefficient (Wildman–Crippen LogP) is 2.08. The molecule has 116 valence electrons. The second-order valence-electron chi connectivity index (χ2n) is 6.25. The van der Waals surface area contributed by atoms with Crippen LogP contribution in [0.4, 0.5) is 0 Å². The third-order valence-corrected chi connectivity index (χ3v) is 6.52. The highest BCUT2D eigenvalue weighted by Gasteiger charge is 2.32. The van der Waals surface area contributed by atoms with Crippen LogP contribution in [0.25, 0.3) is 0 Å². The summed E-state index contributed by atoms with van der Waals surface area (Å²) < 4.78 is 26.5. The van der Waals surface area contributed by atoms with Gasteiger partial charge in [-0.05, 0) is 37.5 Å². The Morgan fingerprint density at radius 3 is 2.35 bits per heavy atom. The van der Waals surface area contributed by atoms with Crippen LogP contribution in [0.15, 0.2) is 0 Å². The molecular formula is C14H25NO4S. The Bertz CT molecular complexity index is 428. The molecule has 1 saturated heterocycles. The van der Waals surface area contributed by atoms with E-state index in [-0.39, 0.29) is 18.1 Å². The van der Waals surface area contributed by atoms with Crippen molar-refractivity contribution in [2.45, 2.75) is 51.4 Å². The molecule has 0 aromatic carbocycles. The van der Waals surface area contributed by atoms with E-state index in [0.717, 1.165) is 38.5 Å². The monoisotopic (exact) mass is 303 g/mol. The van der Waals surface area contributed by atoms with Crippen molar-refractivity contribution in [1.29, 1.82) is 0 Å². The second kappa shape index (κ2) is 6.89. The zero-order valence-electron chi connectivity index (χ0n) is 12.0. The van der Waals surface area contributed by atoms with Gasteiger partial charge < -0.3 is 5.11 Å². The van der Waals surface area contributed by atoms with E-state index in [9.17, 15) is 13.2 Å². The molecule has 1 N–H and O–H groups in total. The quantitative estimate of drug-likeness (QED) is 0.844. The van der Waals surface area contributed by atoms with Gasteiger partial charge in [-0.2, -0.15) is 0 Å². The van der Waals surface area contributed by atoms with Crippen LogP contribution >= 0.6 is 0 Å². The van der Waals surface area contributed by atoms with Gasteiger partial charge >= 0.3 is 5.97 Å². The molecule has 0 spiro atoms. The Kier molecular flexibility index (Phi) is 5.43. The van der Waals surface area contributed by atoms with E-state index in [1.807, 2.05) is 0 Å². The van der Waals surface area contributed by atoms with Crippen LogP contribution < -0.4 is 0 Å². The number of carboxylic acid groups (broad SMARTS) is 1. The van der Waals surface area contributed by atoms with Crippen LogP contribution in [0.5, 0.6) is 0 Å². The third-order valence-electron chi connectivity index (χ3n) is 4.51. The third kappa shape index (κ3) is 4.45. The van der Waals surface area contributed by atoms with Crippen LogP contribution in [0.1, 0.15) is 51.4 Å². The largest absolute Gasteiger partial charge is 0.481 e. The minimum absolute atomic E-state index is 0.0256. The first-order valence-corrected chi connectivity index (χ1v) is 9.28. The Morgan fingerprint density at radius 1 is 1.05 bits per heavy atom. The minimum Gasteiger partial charge on any atom is -0.481 e. The van der Waals surface area contributed by atoms with Gasteiger partial charge in [0.25, 0.3) is 0 Å². The maximum Gasteiger partial charge on any atom is 0.303 e. The molecule has 2 fully saturated rings. The number of rotatable bonds is 5. The van der Waals surface area contributed by atoms with Crippen LogP contribution in [-0.2, 0) is 14.8 Å². The van der Waals surface area contributed by atoms with Gasteiger partial charge in [-0.15, -0.1) is 0 Å². The Hall–Kier alpha value is -0.620. The van der Waals surface area contributed by atoms with E-state index >= 15 is 0 Å². The van der Waals surface area contributed by atoms with Crippen molar-refractivity contribution in [2.24, 2.45) is 11.8 Å². The summed E-state index contributed by atoms with van der Waals surface area (Å²) in [4.78, 5) is 10.8. The second-order valence-corrected chi connectivity index (χ2v) is 8.26. The van der Waals surface area contributed by atoms with Crippen molar-refractivity contribution < 1.29 is 18.3 Å². The summed E-state index contributed by atoms with van der Waals surface area (Å²) in [6.07, 6.45) is 7.22. The predicted molar refractivity (Wildman–Crippen MR) is 76.9 cm³/mol. The fourth-order valence-electron chi connectivity index (χ4n) is 3.45. The van der Waals surface area contributed by atoms with Crippen molar-refractivity contribution in [3.8, 4) is 0 Å². The zero-order valence-corrected chi connectivity index (χ0v) is 12.8. The fraction of sp³-hybridized carbons (Fsp3) is 0.929. The first-order valence-electron chi connectivity index (χ1n) is 7.67. The maximum atomic E-state index is 12.5. The topological polar surface area (TPSA) is 74.7 Å². The van der Waals surface area contributed by atoms with Gasteiger partial charge in [-0.1, -0.05) is 19.3 Å². The molecule has 0 aromatic rings. The average molecular weight is 303 g/mol. The number of aliphatic carboxylic acids is 1. The molecule has 1 unspecified atom stereocenters. The summed E-state index contributed by atoms with van der Waals surface area (Å²) in [7, 11) is -3.21. The van der Waals surface area contributed by atoms with E-state index in [1.165, 1.54) is 6.42 Å². The fourth-order valence-corrected chi connectivity index (χ4v) is 5.44. The van der Waals surface area contributed by atoms with E-state index in [4.69, 9.17) is 5.11 Å². The standard InChI is InChI=1S/C14H25NO4S/c16-14(17)9-13-7-4-8-15(10-13)20(18,19)11-12-5-2-1-3-6-12/h12-13H,1-11H2,(H,16,17). The Balaban J connectivity index is 1.92. The summed E-state index contributed by atoms with van der Waals surface area (Å²) in [5.74, 6) is -0.301. The van der Waals surface area contributed by atoms with Crippen LogP contribution in [0.3, 0.4) is 0 Å². The highest BCUT2D eigenvalue weighted by atomic mass is 32.2. The van der Waals surface area contributed by atoms with E-state index in [1.54, 1.807) is 4.31 Å². The Morgan fingerprint density at radius 2 is 1.70 bits per heavy atom. The van der Waals surface area contributed by atoms with Crippen molar-refractivity contribution in [1.82, 2.24) is 4.31 Å². The first-order chi connectivity index (χ1) is 9.47. The smallest absolute Gasteiger partial charge is 0.303 e. The van der Waals surface area contributed by atoms with Crippen LogP contribution in [-0.4, -0.2) is 42.6 Å². The molecule has 2 rings (SSSR count). The normalized spacial score (nSPS) is 26.5. The summed E-state index contributed by atoms with van der Waals surface area (Å²) in [6.45, 7) is 0.951. The van der Waals surface area contributed by atoms with Crippen LogP contribution in [0, 0.1) is 11.8 Å². The number of nitrogens with zero attached hydrogens (tertiary/aromatic N) is 1. The molecule has 20 heavy (non-hydrogen) atoms. The number of piperidine rings is 1. The van der Waals surface area contributed by atoms with Crippen molar-refractivity contribution in [2.75, 3.05) is 18.8 Å². The van der Waals surface area contributed by atoms with E-state index < -0.39 is 16.0 Å². The van der Waals surface area contributed by atoms with Gasteiger partial charge in [0.2, 0.25) is 10.0 Å². The van der Waals surface area contributed by atoms with Gasteiger partial charge in [-0.3, -0.25) is 4.79 Å². The molecule has 0 bridgehead atoms. The molecule has 6 heteroatoms. The van der Waals surface area contributed by atoms with Crippen molar-refractivity contribution in [3.63, 3.8) is 0 Å². The number of hydrogen-bond acceptors (Lipinski definition) is 3. The Labute approximate surface area is 121 Å². The SMILES string of the molecule is O=C(O)CC1CCCN(S(=O)(=O)CC2CCCCC2)C1. The zero-order chi connectivity index (χ0) is 14.6. The number of hydrogen-bond donors (Lipinski definition) is 1. The lowest BCUT2D eigenvalue weighted by atomic mass is 9.91. The van der Waals surface area contributed by atoms with Crippen molar-refractivity contribution >= 4 is 16.0 Å². The minimum atomic E-state index is -3.21.